The van der Waals surface area contributed by atoms with E-state index in [-0.39, 0.29) is 11.3 Å². The number of carbonyl (C=O) groups is 2. The van der Waals surface area contributed by atoms with Crippen LogP contribution in [0.15, 0.2) is 103 Å². The summed E-state index contributed by atoms with van der Waals surface area (Å²) >= 11 is 0. The summed E-state index contributed by atoms with van der Waals surface area (Å²) in [6.07, 6.45) is 0. The van der Waals surface area contributed by atoms with E-state index < -0.39 is 17.7 Å². The summed E-state index contributed by atoms with van der Waals surface area (Å²) in [7, 11) is 1.57. The van der Waals surface area contributed by atoms with Gasteiger partial charge in [-0.25, -0.2) is 0 Å². The SMILES string of the molecule is COc1ccc(C2/C(=C(/O)c3ccc(OCc4ccccc4)c(C)c3)C(=O)C(=O)N2c2cccc(C)c2)cc1. The Kier molecular flexibility index (Phi) is 7.19. The summed E-state index contributed by atoms with van der Waals surface area (Å²) in [5.74, 6) is -0.350. The molecule has 6 nitrogen and oxygen atoms in total. The minimum absolute atomic E-state index is 0.0315. The van der Waals surface area contributed by atoms with Crippen molar-refractivity contribution in [3.05, 3.63) is 130 Å². The second-order valence-electron chi connectivity index (χ2n) is 9.54. The van der Waals surface area contributed by atoms with Crippen molar-refractivity contribution >= 4 is 23.1 Å². The number of nitrogens with zero attached hydrogens (tertiary/aromatic N) is 1. The predicted molar refractivity (Wildman–Crippen MR) is 151 cm³/mol. The predicted octanol–water partition coefficient (Wildman–Crippen LogP) is 6.52. The fourth-order valence-corrected chi connectivity index (χ4v) is 4.83. The van der Waals surface area contributed by atoms with E-state index in [0.29, 0.717) is 34.9 Å². The highest BCUT2D eigenvalue weighted by atomic mass is 16.5. The first kappa shape index (κ1) is 25.8. The number of hydrogen-bond donors (Lipinski definition) is 1. The van der Waals surface area contributed by atoms with Crippen LogP contribution in [0.5, 0.6) is 11.5 Å². The van der Waals surface area contributed by atoms with Crippen molar-refractivity contribution in [2.75, 3.05) is 12.0 Å². The van der Waals surface area contributed by atoms with E-state index in [4.69, 9.17) is 9.47 Å². The molecule has 0 spiro atoms. The lowest BCUT2D eigenvalue weighted by Crippen LogP contribution is -2.29. The van der Waals surface area contributed by atoms with Gasteiger partial charge in [-0.15, -0.1) is 0 Å². The number of rotatable bonds is 7. The van der Waals surface area contributed by atoms with Gasteiger partial charge >= 0.3 is 0 Å². The summed E-state index contributed by atoms with van der Waals surface area (Å²) in [5, 5.41) is 11.5. The van der Waals surface area contributed by atoms with Crippen LogP contribution in [0.1, 0.15) is 33.9 Å². The average Bonchev–Trinajstić information content (AvgIpc) is 3.22. The highest BCUT2D eigenvalue weighted by Gasteiger charge is 2.47. The summed E-state index contributed by atoms with van der Waals surface area (Å²) in [6.45, 7) is 4.21. The number of benzene rings is 4. The van der Waals surface area contributed by atoms with Gasteiger partial charge in [-0.1, -0.05) is 54.6 Å². The first-order chi connectivity index (χ1) is 18.9. The summed E-state index contributed by atoms with van der Waals surface area (Å²) in [5.41, 5.74) is 4.51. The number of anilines is 1. The van der Waals surface area contributed by atoms with Crippen LogP contribution in [0.3, 0.4) is 0 Å². The van der Waals surface area contributed by atoms with Crippen molar-refractivity contribution in [3.63, 3.8) is 0 Å². The Balaban J connectivity index is 1.56. The van der Waals surface area contributed by atoms with Gasteiger partial charge in [-0.2, -0.15) is 0 Å². The second kappa shape index (κ2) is 10.9. The van der Waals surface area contributed by atoms with Crippen molar-refractivity contribution in [2.24, 2.45) is 0 Å². The van der Waals surface area contributed by atoms with Gasteiger partial charge in [0.15, 0.2) is 0 Å². The van der Waals surface area contributed by atoms with Crippen molar-refractivity contribution in [1.29, 1.82) is 0 Å². The molecule has 0 aliphatic carbocycles. The number of methoxy groups -OCH3 is 1. The topological polar surface area (TPSA) is 76.1 Å². The Morgan fingerprint density at radius 2 is 1.62 bits per heavy atom. The largest absolute Gasteiger partial charge is 0.507 e. The van der Waals surface area contributed by atoms with Gasteiger partial charge in [0.05, 0.1) is 18.7 Å². The van der Waals surface area contributed by atoms with Crippen LogP contribution < -0.4 is 14.4 Å². The van der Waals surface area contributed by atoms with E-state index in [0.717, 1.165) is 16.7 Å². The maximum absolute atomic E-state index is 13.4. The Morgan fingerprint density at radius 3 is 2.28 bits per heavy atom. The molecule has 1 heterocycles. The quantitative estimate of drug-likeness (QED) is 0.171. The highest BCUT2D eigenvalue weighted by molar-refractivity contribution is 6.51. The lowest BCUT2D eigenvalue weighted by atomic mass is 9.94. The summed E-state index contributed by atoms with van der Waals surface area (Å²) in [4.78, 5) is 28.3. The van der Waals surface area contributed by atoms with Gasteiger partial charge in [0.1, 0.15) is 23.9 Å². The minimum atomic E-state index is -0.813. The van der Waals surface area contributed by atoms with Gasteiger partial charge in [0.25, 0.3) is 11.7 Å². The molecule has 1 atom stereocenters. The zero-order valence-corrected chi connectivity index (χ0v) is 22.0. The Bertz CT molecular complexity index is 1560. The molecule has 1 aliphatic heterocycles. The molecule has 0 radical (unpaired) electrons. The third-order valence-electron chi connectivity index (χ3n) is 6.84. The highest BCUT2D eigenvalue weighted by Crippen LogP contribution is 2.43. The zero-order chi connectivity index (χ0) is 27.5. The third-order valence-corrected chi connectivity index (χ3v) is 6.84. The maximum atomic E-state index is 13.4. The molecule has 4 aromatic carbocycles. The molecule has 4 aromatic rings. The average molecular weight is 520 g/mol. The van der Waals surface area contributed by atoms with Gasteiger partial charge < -0.3 is 14.6 Å². The number of carbonyl (C=O) groups excluding carboxylic acids is 2. The van der Waals surface area contributed by atoms with Gasteiger partial charge in [0.2, 0.25) is 0 Å². The summed E-state index contributed by atoms with van der Waals surface area (Å²) < 4.78 is 11.3. The molecular formula is C33H29NO5. The van der Waals surface area contributed by atoms with E-state index in [1.54, 1.807) is 55.6 Å². The van der Waals surface area contributed by atoms with E-state index in [1.807, 2.05) is 62.4 Å². The molecule has 0 saturated carbocycles. The molecule has 1 aliphatic rings. The number of Topliss-reactive ketones (excluding diaryl/α,β-unsaturated/α-hetero) is 1. The molecule has 1 N–H and O–H groups in total. The molecule has 6 heteroatoms. The van der Waals surface area contributed by atoms with Crippen LogP contribution in [0.25, 0.3) is 5.76 Å². The smallest absolute Gasteiger partial charge is 0.300 e. The standard InChI is InChI=1S/C33H29NO5/c1-21-8-7-11-26(18-21)34-30(24-12-15-27(38-3)16-13-24)29(32(36)33(34)37)31(35)25-14-17-28(22(2)19-25)39-20-23-9-5-4-6-10-23/h4-19,30,35H,20H2,1-3H3/b31-29-. The number of ether oxygens (including phenoxy) is 2. The number of aliphatic hydroxyl groups is 1. The normalized spacial score (nSPS) is 16.4. The van der Waals surface area contributed by atoms with Crippen molar-refractivity contribution in [1.82, 2.24) is 0 Å². The van der Waals surface area contributed by atoms with Crippen LogP contribution in [0.2, 0.25) is 0 Å². The molecule has 1 saturated heterocycles. The van der Waals surface area contributed by atoms with Gasteiger partial charge in [-0.3, -0.25) is 14.5 Å². The molecule has 39 heavy (non-hydrogen) atoms. The zero-order valence-electron chi connectivity index (χ0n) is 22.0. The molecule has 0 bridgehead atoms. The molecule has 1 unspecified atom stereocenters. The number of amides is 1. The lowest BCUT2D eigenvalue weighted by Gasteiger charge is -2.26. The van der Waals surface area contributed by atoms with Crippen LogP contribution >= 0.6 is 0 Å². The molecule has 0 aromatic heterocycles. The molecule has 1 amide bonds. The number of ketones is 1. The van der Waals surface area contributed by atoms with Crippen LogP contribution in [0, 0.1) is 13.8 Å². The van der Waals surface area contributed by atoms with Crippen molar-refractivity contribution in [2.45, 2.75) is 26.5 Å². The maximum Gasteiger partial charge on any atom is 0.300 e. The Morgan fingerprint density at radius 1 is 0.872 bits per heavy atom. The third kappa shape index (κ3) is 5.14. The molecule has 5 rings (SSSR count). The number of hydrogen-bond acceptors (Lipinski definition) is 5. The van der Waals surface area contributed by atoms with Crippen molar-refractivity contribution < 1.29 is 24.2 Å². The molecule has 1 fully saturated rings. The van der Waals surface area contributed by atoms with E-state index >= 15 is 0 Å². The second-order valence-corrected chi connectivity index (χ2v) is 9.54. The molecule has 196 valence electrons. The van der Waals surface area contributed by atoms with Crippen molar-refractivity contribution in [3.8, 4) is 11.5 Å². The van der Waals surface area contributed by atoms with Crippen LogP contribution in [-0.2, 0) is 16.2 Å². The molecular weight excluding hydrogens is 490 g/mol. The van der Waals surface area contributed by atoms with E-state index in [9.17, 15) is 14.7 Å². The minimum Gasteiger partial charge on any atom is -0.507 e. The van der Waals surface area contributed by atoms with Crippen LogP contribution in [-0.4, -0.2) is 23.9 Å². The lowest BCUT2D eigenvalue weighted by molar-refractivity contribution is -0.132. The monoisotopic (exact) mass is 519 g/mol. The van der Waals surface area contributed by atoms with Gasteiger partial charge in [-0.05, 0) is 78.6 Å². The fraction of sp³-hybridized carbons (Fsp3) is 0.152. The fourth-order valence-electron chi connectivity index (χ4n) is 4.83. The first-order valence-electron chi connectivity index (χ1n) is 12.7. The number of aryl methyl sites for hydroxylation is 2. The number of aliphatic hydroxyl groups excluding tert-OH is 1. The Labute approximate surface area is 227 Å². The first-order valence-corrected chi connectivity index (χ1v) is 12.7. The van der Waals surface area contributed by atoms with E-state index in [1.165, 1.54) is 4.90 Å². The van der Waals surface area contributed by atoms with Gasteiger partial charge in [0, 0.05) is 11.3 Å². The Hall–Kier alpha value is -4.84. The van der Waals surface area contributed by atoms with E-state index in [2.05, 4.69) is 0 Å². The summed E-state index contributed by atoms with van der Waals surface area (Å²) in [6, 6.07) is 28.8. The van der Waals surface area contributed by atoms with Crippen LogP contribution in [0.4, 0.5) is 5.69 Å².